The van der Waals surface area contributed by atoms with Crippen molar-refractivity contribution in [2.75, 3.05) is 26.2 Å². The minimum atomic E-state index is 0. The van der Waals surface area contributed by atoms with Gasteiger partial charge in [-0.05, 0) is 50.4 Å². The highest BCUT2D eigenvalue weighted by atomic mass is 35.5. The Morgan fingerprint density at radius 3 is 2.72 bits per heavy atom. The van der Waals surface area contributed by atoms with Crippen molar-refractivity contribution in [3.05, 3.63) is 35.9 Å². The van der Waals surface area contributed by atoms with Gasteiger partial charge in [0.15, 0.2) is 0 Å². The smallest absolute Gasteiger partial charge is 0.224 e. The molecule has 0 aromatic heterocycles. The Morgan fingerprint density at radius 1 is 1.24 bits per heavy atom. The standard InChI is InChI=1S/C19H29N3O.2ClH/c1-15-12-20-10-9-18(15)21-19(23)17-8-5-11-22(14-17)13-16-6-3-2-4-7-16;;/h2-4,6-7,15,17-18,20H,5,8-14H2,1H3,(H,21,23);2*1H. The number of hydrogen-bond donors (Lipinski definition) is 2. The molecule has 2 fully saturated rings. The maximum Gasteiger partial charge on any atom is 0.224 e. The van der Waals surface area contributed by atoms with Crippen LogP contribution >= 0.6 is 24.8 Å². The number of halogens is 2. The highest BCUT2D eigenvalue weighted by molar-refractivity contribution is 5.85. The number of amides is 1. The molecule has 0 aliphatic carbocycles. The molecular formula is C19H31Cl2N3O. The minimum Gasteiger partial charge on any atom is -0.353 e. The monoisotopic (exact) mass is 387 g/mol. The van der Waals surface area contributed by atoms with Gasteiger partial charge in [0, 0.05) is 19.1 Å². The fourth-order valence-electron chi connectivity index (χ4n) is 3.78. The van der Waals surface area contributed by atoms with Crippen molar-refractivity contribution < 1.29 is 4.79 Å². The zero-order chi connectivity index (χ0) is 16.1. The molecule has 1 aromatic carbocycles. The average molecular weight is 388 g/mol. The zero-order valence-corrected chi connectivity index (χ0v) is 16.6. The molecule has 3 rings (SSSR count). The molecule has 2 N–H and O–H groups in total. The molecule has 3 unspecified atom stereocenters. The fourth-order valence-corrected chi connectivity index (χ4v) is 3.78. The van der Waals surface area contributed by atoms with E-state index in [-0.39, 0.29) is 36.6 Å². The normalized spacial score (nSPS) is 26.8. The first-order valence-corrected chi connectivity index (χ1v) is 9.00. The molecule has 0 saturated carbocycles. The number of hydrogen-bond acceptors (Lipinski definition) is 3. The SMILES string of the molecule is CC1CNCCC1NC(=O)C1CCCN(Cc2ccccc2)C1.Cl.Cl. The summed E-state index contributed by atoms with van der Waals surface area (Å²) < 4.78 is 0. The molecule has 0 radical (unpaired) electrons. The average Bonchev–Trinajstić information content (AvgIpc) is 2.58. The topological polar surface area (TPSA) is 44.4 Å². The quantitative estimate of drug-likeness (QED) is 0.834. The van der Waals surface area contributed by atoms with Gasteiger partial charge in [-0.15, -0.1) is 24.8 Å². The number of carbonyl (C=O) groups is 1. The third-order valence-corrected chi connectivity index (χ3v) is 5.24. The first-order chi connectivity index (χ1) is 11.2. The lowest BCUT2D eigenvalue weighted by Gasteiger charge is -2.35. The zero-order valence-electron chi connectivity index (χ0n) is 14.9. The number of benzene rings is 1. The van der Waals surface area contributed by atoms with Crippen LogP contribution in [0.2, 0.25) is 0 Å². The largest absolute Gasteiger partial charge is 0.353 e. The number of nitrogens with zero attached hydrogens (tertiary/aromatic N) is 1. The molecule has 2 aliphatic heterocycles. The first kappa shape index (κ1) is 22.2. The number of nitrogens with one attached hydrogen (secondary N) is 2. The number of carbonyl (C=O) groups excluding carboxylic acids is 1. The summed E-state index contributed by atoms with van der Waals surface area (Å²) in [5, 5.41) is 6.71. The third-order valence-electron chi connectivity index (χ3n) is 5.24. The summed E-state index contributed by atoms with van der Waals surface area (Å²) in [6.45, 7) is 7.19. The van der Waals surface area contributed by atoms with Gasteiger partial charge >= 0.3 is 0 Å². The van der Waals surface area contributed by atoms with Gasteiger partial charge in [-0.1, -0.05) is 37.3 Å². The molecular weight excluding hydrogens is 357 g/mol. The summed E-state index contributed by atoms with van der Waals surface area (Å²) in [4.78, 5) is 15.1. The van der Waals surface area contributed by atoms with Gasteiger partial charge in [0.2, 0.25) is 5.91 Å². The number of piperidine rings is 2. The summed E-state index contributed by atoms with van der Waals surface area (Å²) in [7, 11) is 0. The predicted octanol–water partition coefficient (Wildman–Crippen LogP) is 2.86. The Bertz CT molecular complexity index is 515. The van der Waals surface area contributed by atoms with Crippen LogP contribution in [0.3, 0.4) is 0 Å². The summed E-state index contributed by atoms with van der Waals surface area (Å²) in [5.74, 6) is 0.938. The van der Waals surface area contributed by atoms with E-state index in [9.17, 15) is 4.79 Å². The Labute approximate surface area is 163 Å². The van der Waals surface area contributed by atoms with Crippen molar-refractivity contribution in [3.8, 4) is 0 Å². The van der Waals surface area contributed by atoms with E-state index in [0.717, 1.165) is 52.0 Å². The molecule has 2 aliphatic rings. The van der Waals surface area contributed by atoms with Gasteiger partial charge in [-0.25, -0.2) is 0 Å². The summed E-state index contributed by atoms with van der Waals surface area (Å²) in [6.07, 6.45) is 3.19. The molecule has 1 aromatic rings. The van der Waals surface area contributed by atoms with Crippen LogP contribution in [0.4, 0.5) is 0 Å². The minimum absolute atomic E-state index is 0. The molecule has 6 heteroatoms. The summed E-state index contributed by atoms with van der Waals surface area (Å²) in [6, 6.07) is 10.9. The van der Waals surface area contributed by atoms with Crippen LogP contribution in [0, 0.1) is 11.8 Å². The van der Waals surface area contributed by atoms with Crippen LogP contribution in [0.25, 0.3) is 0 Å². The van der Waals surface area contributed by atoms with Gasteiger partial charge in [-0.3, -0.25) is 9.69 Å². The number of likely N-dealkylation sites (tertiary alicyclic amines) is 1. The third kappa shape index (κ3) is 6.45. The van der Waals surface area contributed by atoms with Gasteiger partial charge < -0.3 is 10.6 Å². The van der Waals surface area contributed by atoms with Gasteiger partial charge in [0.05, 0.1) is 5.92 Å². The van der Waals surface area contributed by atoms with Crippen LogP contribution in [0.5, 0.6) is 0 Å². The van der Waals surface area contributed by atoms with Crippen molar-refractivity contribution in [2.45, 2.75) is 38.8 Å². The van der Waals surface area contributed by atoms with Crippen molar-refractivity contribution in [3.63, 3.8) is 0 Å². The van der Waals surface area contributed by atoms with E-state index in [1.807, 2.05) is 0 Å². The Balaban J connectivity index is 0.00000156. The van der Waals surface area contributed by atoms with E-state index in [1.165, 1.54) is 5.56 Å². The second kappa shape index (κ2) is 11.0. The molecule has 0 spiro atoms. The van der Waals surface area contributed by atoms with Crippen molar-refractivity contribution in [2.24, 2.45) is 11.8 Å². The number of rotatable bonds is 4. The summed E-state index contributed by atoms with van der Waals surface area (Å²) in [5.41, 5.74) is 1.33. The van der Waals surface area contributed by atoms with Crippen LogP contribution in [-0.4, -0.2) is 43.0 Å². The first-order valence-electron chi connectivity index (χ1n) is 9.00. The molecule has 4 nitrogen and oxygen atoms in total. The van der Waals surface area contributed by atoms with Crippen molar-refractivity contribution in [1.82, 2.24) is 15.5 Å². The molecule has 2 heterocycles. The molecule has 2 saturated heterocycles. The van der Waals surface area contributed by atoms with Crippen LogP contribution in [-0.2, 0) is 11.3 Å². The van der Waals surface area contributed by atoms with Gasteiger partial charge in [0.25, 0.3) is 0 Å². The summed E-state index contributed by atoms with van der Waals surface area (Å²) >= 11 is 0. The Morgan fingerprint density at radius 2 is 2.00 bits per heavy atom. The van der Waals surface area contributed by atoms with E-state index in [1.54, 1.807) is 0 Å². The highest BCUT2D eigenvalue weighted by Gasteiger charge is 2.29. The fraction of sp³-hybridized carbons (Fsp3) is 0.632. The highest BCUT2D eigenvalue weighted by Crippen LogP contribution is 2.20. The Kier molecular flexibility index (Phi) is 9.80. The van der Waals surface area contributed by atoms with E-state index in [2.05, 4.69) is 52.8 Å². The van der Waals surface area contributed by atoms with Crippen LogP contribution in [0.15, 0.2) is 30.3 Å². The predicted molar refractivity (Wildman–Crippen MR) is 108 cm³/mol. The maximum atomic E-state index is 12.7. The van der Waals surface area contributed by atoms with E-state index in [4.69, 9.17) is 0 Å². The van der Waals surface area contributed by atoms with Crippen LogP contribution < -0.4 is 10.6 Å². The molecule has 1 amide bonds. The molecule has 25 heavy (non-hydrogen) atoms. The van der Waals surface area contributed by atoms with Crippen molar-refractivity contribution >= 4 is 30.7 Å². The van der Waals surface area contributed by atoms with Crippen molar-refractivity contribution in [1.29, 1.82) is 0 Å². The van der Waals surface area contributed by atoms with E-state index in [0.29, 0.717) is 12.0 Å². The lowest BCUT2D eigenvalue weighted by Crippen LogP contribution is -2.51. The Hall–Kier alpha value is -0.810. The lowest BCUT2D eigenvalue weighted by molar-refractivity contribution is -0.128. The maximum absolute atomic E-state index is 12.7. The second-order valence-corrected chi connectivity index (χ2v) is 7.15. The second-order valence-electron chi connectivity index (χ2n) is 7.15. The lowest BCUT2D eigenvalue weighted by atomic mass is 9.92. The van der Waals surface area contributed by atoms with Gasteiger partial charge in [-0.2, -0.15) is 0 Å². The van der Waals surface area contributed by atoms with Gasteiger partial charge in [0.1, 0.15) is 0 Å². The molecule has 0 bridgehead atoms. The van der Waals surface area contributed by atoms with E-state index < -0.39 is 0 Å². The molecule has 3 atom stereocenters. The molecule has 142 valence electrons. The van der Waals surface area contributed by atoms with Crippen LogP contribution in [0.1, 0.15) is 31.7 Å². The van der Waals surface area contributed by atoms with E-state index >= 15 is 0 Å².